The van der Waals surface area contributed by atoms with Gasteiger partial charge < -0.3 is 9.64 Å². The number of halogens is 1. The summed E-state index contributed by atoms with van der Waals surface area (Å²) in [7, 11) is 1.98. The summed E-state index contributed by atoms with van der Waals surface area (Å²) in [4.78, 5) is 6.56. The largest absolute Gasteiger partial charge is 0.443 e. The Labute approximate surface area is 186 Å². The minimum Gasteiger partial charge on any atom is -0.443 e. The van der Waals surface area contributed by atoms with Gasteiger partial charge in [-0.15, -0.1) is 0 Å². The van der Waals surface area contributed by atoms with Crippen LogP contribution in [0.3, 0.4) is 0 Å². The van der Waals surface area contributed by atoms with Gasteiger partial charge in [0.2, 0.25) is 5.06 Å². The molecule has 0 radical (unpaired) electrons. The number of aliphatic imine (C=N–C) groups is 1. The van der Waals surface area contributed by atoms with Gasteiger partial charge in [0.1, 0.15) is 17.4 Å². The van der Waals surface area contributed by atoms with Crippen LogP contribution in [0.5, 0.6) is 10.8 Å². The smallest absolute Gasteiger partial charge is 0.218 e. The normalized spacial score (nSPS) is 10.9. The Kier molecular flexibility index (Phi) is 7.09. The molecule has 0 saturated carbocycles. The molecule has 154 valence electrons. The second-order valence-electron chi connectivity index (χ2n) is 7.03. The van der Waals surface area contributed by atoms with Gasteiger partial charge in [0.05, 0.1) is 17.7 Å². The lowest BCUT2D eigenvalue weighted by molar-refractivity contribution is 0.490. The number of nitrogens with zero attached hydrogens (tertiary/aromatic N) is 4. The van der Waals surface area contributed by atoms with Gasteiger partial charge in [-0.2, -0.15) is 9.64 Å². The van der Waals surface area contributed by atoms with E-state index in [1.807, 2.05) is 68.5 Å². The number of ether oxygens (including phenoxy) is 1. The molecule has 0 aliphatic rings. The summed E-state index contributed by atoms with van der Waals surface area (Å²) in [5.74, 6) is 0.702. The maximum absolute atomic E-state index is 9.69. The van der Waals surface area contributed by atoms with Crippen LogP contribution >= 0.6 is 23.1 Å². The van der Waals surface area contributed by atoms with Crippen LogP contribution in [-0.4, -0.2) is 29.2 Å². The molecule has 0 saturated heterocycles. The molecule has 5 nitrogen and oxygen atoms in total. The van der Waals surface area contributed by atoms with E-state index in [0.717, 1.165) is 28.9 Å². The maximum Gasteiger partial charge on any atom is 0.218 e. The molecule has 0 unspecified atom stereocenters. The van der Waals surface area contributed by atoms with E-state index in [4.69, 9.17) is 16.3 Å². The quantitative estimate of drug-likeness (QED) is 0.321. The topological polar surface area (TPSA) is 61.5 Å². The number of rotatable bonds is 7. The standard InChI is InChI=1S/C23H23ClN4OS/c1-5-28(4)14-26-20-10-16(3)22(11-15(20)2)29-23-19(13-25)21(27-30-23)12-17-6-8-18(24)9-7-17/h6-11,14H,5,12H2,1-4H3/b26-14-. The first-order valence-corrected chi connectivity index (χ1v) is 10.7. The molecule has 0 N–H and O–H groups in total. The van der Waals surface area contributed by atoms with Crippen molar-refractivity contribution in [2.75, 3.05) is 13.6 Å². The molecular weight excluding hydrogens is 416 g/mol. The van der Waals surface area contributed by atoms with Gasteiger partial charge in [-0.05, 0) is 61.7 Å². The van der Waals surface area contributed by atoms with Crippen LogP contribution < -0.4 is 4.74 Å². The van der Waals surface area contributed by atoms with E-state index in [9.17, 15) is 5.26 Å². The zero-order valence-corrected chi connectivity index (χ0v) is 19.0. The van der Waals surface area contributed by atoms with Crippen molar-refractivity contribution in [1.29, 1.82) is 5.26 Å². The Morgan fingerprint density at radius 1 is 1.23 bits per heavy atom. The number of benzene rings is 2. The lowest BCUT2D eigenvalue weighted by Crippen LogP contribution is -2.14. The van der Waals surface area contributed by atoms with E-state index in [0.29, 0.717) is 33.5 Å². The second kappa shape index (κ2) is 9.75. The van der Waals surface area contributed by atoms with E-state index in [1.165, 1.54) is 11.5 Å². The highest BCUT2D eigenvalue weighted by molar-refractivity contribution is 7.08. The van der Waals surface area contributed by atoms with E-state index in [2.05, 4.69) is 22.4 Å². The first-order valence-electron chi connectivity index (χ1n) is 9.57. The average molecular weight is 439 g/mol. The van der Waals surface area contributed by atoms with E-state index in [-0.39, 0.29) is 0 Å². The Morgan fingerprint density at radius 2 is 1.97 bits per heavy atom. The number of aromatic nitrogens is 1. The van der Waals surface area contributed by atoms with Crippen LogP contribution in [0.15, 0.2) is 41.4 Å². The fraction of sp³-hybridized carbons (Fsp3) is 0.261. The maximum atomic E-state index is 9.69. The third kappa shape index (κ3) is 5.18. The predicted molar refractivity (Wildman–Crippen MR) is 124 cm³/mol. The van der Waals surface area contributed by atoms with Crippen molar-refractivity contribution in [2.24, 2.45) is 4.99 Å². The van der Waals surface area contributed by atoms with Crippen LogP contribution in [0.1, 0.15) is 34.9 Å². The molecule has 0 fully saturated rings. The summed E-state index contributed by atoms with van der Waals surface area (Å²) in [6.45, 7) is 6.93. The summed E-state index contributed by atoms with van der Waals surface area (Å²) in [5, 5.41) is 10.9. The second-order valence-corrected chi connectivity index (χ2v) is 8.20. The lowest BCUT2D eigenvalue weighted by atomic mass is 10.1. The minimum atomic E-state index is 0.471. The summed E-state index contributed by atoms with van der Waals surface area (Å²) >= 11 is 7.15. The molecule has 1 aromatic heterocycles. The SMILES string of the molecule is CCN(C)/C=N\c1cc(C)c(Oc2snc(Cc3ccc(Cl)cc3)c2C#N)cc1C. The van der Waals surface area contributed by atoms with Crippen molar-refractivity contribution >= 4 is 35.2 Å². The zero-order chi connectivity index (χ0) is 21.7. The number of hydrogen-bond acceptors (Lipinski definition) is 5. The van der Waals surface area contributed by atoms with Crippen molar-refractivity contribution in [1.82, 2.24) is 9.27 Å². The van der Waals surface area contributed by atoms with Crippen molar-refractivity contribution in [3.05, 3.63) is 69.4 Å². The molecule has 0 aliphatic carbocycles. The van der Waals surface area contributed by atoms with Crippen molar-refractivity contribution in [2.45, 2.75) is 27.2 Å². The van der Waals surface area contributed by atoms with E-state index < -0.39 is 0 Å². The van der Waals surface area contributed by atoms with Crippen molar-refractivity contribution in [3.8, 4) is 16.9 Å². The first-order chi connectivity index (χ1) is 14.4. The van der Waals surface area contributed by atoms with E-state index >= 15 is 0 Å². The predicted octanol–water partition coefficient (Wildman–Crippen LogP) is 6.28. The highest BCUT2D eigenvalue weighted by Crippen LogP contribution is 2.36. The van der Waals surface area contributed by atoms with Gasteiger partial charge in [-0.1, -0.05) is 23.7 Å². The van der Waals surface area contributed by atoms with Crippen molar-refractivity contribution < 1.29 is 4.74 Å². The van der Waals surface area contributed by atoms with Crippen LogP contribution in [-0.2, 0) is 6.42 Å². The van der Waals surface area contributed by atoms with Crippen LogP contribution in [0.4, 0.5) is 5.69 Å². The molecule has 0 amide bonds. The first kappa shape index (κ1) is 21.8. The molecule has 0 atom stereocenters. The van der Waals surface area contributed by atoms with Gasteiger partial charge in [-0.3, -0.25) is 0 Å². The number of hydrogen-bond donors (Lipinski definition) is 0. The number of aryl methyl sites for hydroxylation is 2. The highest BCUT2D eigenvalue weighted by atomic mass is 35.5. The third-order valence-electron chi connectivity index (χ3n) is 4.72. The van der Waals surface area contributed by atoms with E-state index in [1.54, 1.807) is 0 Å². The Balaban J connectivity index is 1.83. The van der Waals surface area contributed by atoms with Crippen molar-refractivity contribution in [3.63, 3.8) is 0 Å². The molecular formula is C23H23ClN4OS. The molecule has 2 aromatic carbocycles. The van der Waals surface area contributed by atoms with Crippen LogP contribution in [0.2, 0.25) is 5.02 Å². The fourth-order valence-corrected chi connectivity index (χ4v) is 3.62. The Bertz CT molecular complexity index is 1100. The van der Waals surface area contributed by atoms with Gasteiger partial charge in [0.25, 0.3) is 0 Å². The molecule has 0 bridgehead atoms. The van der Waals surface area contributed by atoms with Crippen LogP contribution in [0, 0.1) is 25.2 Å². The van der Waals surface area contributed by atoms with Gasteiger partial charge in [-0.25, -0.2) is 4.99 Å². The van der Waals surface area contributed by atoms with Crippen LogP contribution in [0.25, 0.3) is 0 Å². The Hall–Kier alpha value is -2.88. The average Bonchev–Trinajstić information content (AvgIpc) is 3.11. The molecule has 0 spiro atoms. The lowest BCUT2D eigenvalue weighted by Gasteiger charge is -2.12. The number of nitriles is 1. The summed E-state index contributed by atoms with van der Waals surface area (Å²) < 4.78 is 10.6. The van der Waals surface area contributed by atoms with Gasteiger partial charge in [0.15, 0.2) is 0 Å². The summed E-state index contributed by atoms with van der Waals surface area (Å²) in [6.07, 6.45) is 2.37. The Morgan fingerprint density at radius 3 is 2.63 bits per heavy atom. The third-order valence-corrected chi connectivity index (χ3v) is 5.73. The zero-order valence-electron chi connectivity index (χ0n) is 17.4. The minimum absolute atomic E-state index is 0.471. The van der Waals surface area contributed by atoms with Gasteiger partial charge in [0, 0.05) is 36.6 Å². The summed E-state index contributed by atoms with van der Waals surface area (Å²) in [5.41, 5.74) is 5.06. The monoisotopic (exact) mass is 438 g/mol. The highest BCUT2D eigenvalue weighted by Gasteiger charge is 2.17. The molecule has 3 aromatic rings. The fourth-order valence-electron chi connectivity index (χ4n) is 2.77. The molecule has 1 heterocycles. The molecule has 7 heteroatoms. The molecule has 30 heavy (non-hydrogen) atoms. The summed E-state index contributed by atoms with van der Waals surface area (Å²) in [6, 6.07) is 13.7. The van der Waals surface area contributed by atoms with Gasteiger partial charge >= 0.3 is 0 Å². The molecule has 0 aliphatic heterocycles. The molecule has 3 rings (SSSR count).